The van der Waals surface area contributed by atoms with Gasteiger partial charge in [-0.2, -0.15) is 0 Å². The van der Waals surface area contributed by atoms with E-state index in [0.29, 0.717) is 38.9 Å². The topological polar surface area (TPSA) is 74.8 Å². The summed E-state index contributed by atoms with van der Waals surface area (Å²) in [5, 5.41) is 1.89. The molecular formula is C17H24N2O4S2. The molecule has 25 heavy (non-hydrogen) atoms. The minimum atomic E-state index is -3.01. The summed E-state index contributed by atoms with van der Waals surface area (Å²) < 4.78 is 23.4. The molecule has 3 rings (SSSR count). The van der Waals surface area contributed by atoms with E-state index in [1.54, 1.807) is 4.90 Å². The lowest BCUT2D eigenvalue weighted by Gasteiger charge is -2.35. The Morgan fingerprint density at radius 1 is 1.28 bits per heavy atom. The minimum Gasteiger partial charge on any atom is -0.339 e. The van der Waals surface area contributed by atoms with Crippen LogP contribution >= 0.6 is 11.3 Å². The number of piperidine rings is 1. The number of thiophene rings is 1. The minimum absolute atomic E-state index is 0.0372. The second kappa shape index (κ2) is 7.45. The van der Waals surface area contributed by atoms with E-state index in [-0.39, 0.29) is 35.3 Å². The van der Waals surface area contributed by atoms with Crippen LogP contribution in [0, 0.1) is 5.92 Å². The molecule has 6 nitrogen and oxygen atoms in total. The van der Waals surface area contributed by atoms with Crippen LogP contribution in [-0.2, 0) is 14.6 Å². The van der Waals surface area contributed by atoms with Gasteiger partial charge in [0.05, 0.1) is 16.4 Å². The Labute approximate surface area is 152 Å². The van der Waals surface area contributed by atoms with Gasteiger partial charge in [-0.1, -0.05) is 6.07 Å². The Kier molecular flexibility index (Phi) is 5.48. The molecule has 2 fully saturated rings. The second-order valence-corrected chi connectivity index (χ2v) is 9.90. The van der Waals surface area contributed by atoms with E-state index >= 15 is 0 Å². The highest BCUT2D eigenvalue weighted by Crippen LogP contribution is 2.25. The third kappa shape index (κ3) is 4.06. The summed E-state index contributed by atoms with van der Waals surface area (Å²) in [6.45, 7) is 3.59. The first-order valence-corrected chi connectivity index (χ1v) is 11.4. The molecule has 138 valence electrons. The van der Waals surface area contributed by atoms with E-state index in [0.717, 1.165) is 4.88 Å². The highest BCUT2D eigenvalue weighted by atomic mass is 32.2. The van der Waals surface area contributed by atoms with Crippen molar-refractivity contribution in [2.45, 2.75) is 32.2 Å². The number of hydrogen-bond donors (Lipinski definition) is 0. The molecule has 3 heterocycles. The third-order valence-corrected chi connectivity index (χ3v) is 7.74. The Morgan fingerprint density at radius 3 is 2.52 bits per heavy atom. The molecule has 1 aromatic rings. The number of amides is 2. The van der Waals surface area contributed by atoms with Gasteiger partial charge >= 0.3 is 0 Å². The van der Waals surface area contributed by atoms with Crippen LogP contribution in [-0.4, -0.2) is 67.2 Å². The van der Waals surface area contributed by atoms with Crippen LogP contribution in [0.1, 0.15) is 35.9 Å². The van der Waals surface area contributed by atoms with Crippen molar-refractivity contribution < 1.29 is 18.0 Å². The van der Waals surface area contributed by atoms with E-state index in [9.17, 15) is 18.0 Å². The Hall–Kier alpha value is -1.41. The normalized spacial score (nSPS) is 23.6. The van der Waals surface area contributed by atoms with Gasteiger partial charge in [-0.15, -0.1) is 11.3 Å². The molecule has 0 saturated carbocycles. The van der Waals surface area contributed by atoms with Gasteiger partial charge in [0.15, 0.2) is 9.84 Å². The van der Waals surface area contributed by atoms with Gasteiger partial charge < -0.3 is 9.80 Å². The smallest absolute Gasteiger partial charge is 0.263 e. The van der Waals surface area contributed by atoms with Crippen LogP contribution in [0.2, 0.25) is 0 Å². The van der Waals surface area contributed by atoms with Gasteiger partial charge in [0.25, 0.3) is 5.91 Å². The Morgan fingerprint density at radius 2 is 2.00 bits per heavy atom. The number of sulfone groups is 1. The van der Waals surface area contributed by atoms with E-state index in [4.69, 9.17) is 0 Å². The predicted octanol–water partition coefficient (Wildman–Crippen LogP) is 1.64. The van der Waals surface area contributed by atoms with Crippen molar-refractivity contribution in [2.75, 3.05) is 31.1 Å². The number of hydrogen-bond acceptors (Lipinski definition) is 5. The van der Waals surface area contributed by atoms with E-state index < -0.39 is 9.84 Å². The molecule has 8 heteroatoms. The van der Waals surface area contributed by atoms with Crippen molar-refractivity contribution in [1.82, 2.24) is 9.80 Å². The number of rotatable bonds is 4. The molecule has 1 aromatic heterocycles. The second-order valence-electron chi connectivity index (χ2n) is 6.72. The van der Waals surface area contributed by atoms with Crippen LogP contribution in [0.5, 0.6) is 0 Å². The Balaban J connectivity index is 1.58. The van der Waals surface area contributed by atoms with Crippen molar-refractivity contribution in [3.63, 3.8) is 0 Å². The maximum atomic E-state index is 12.9. The summed E-state index contributed by atoms with van der Waals surface area (Å²) in [6, 6.07) is 3.50. The molecular weight excluding hydrogens is 360 g/mol. The number of nitrogens with zero attached hydrogens (tertiary/aromatic N) is 2. The SMILES string of the molecule is CCN(C(=O)C1CCN(C(=O)c2cccs2)CC1)C1CCS(=O)(=O)C1. The maximum absolute atomic E-state index is 12.9. The molecule has 2 amide bonds. The van der Waals surface area contributed by atoms with E-state index in [1.165, 1.54) is 11.3 Å². The number of carbonyl (C=O) groups is 2. The highest BCUT2D eigenvalue weighted by molar-refractivity contribution is 7.91. The van der Waals surface area contributed by atoms with E-state index in [1.807, 2.05) is 29.3 Å². The van der Waals surface area contributed by atoms with Crippen molar-refractivity contribution in [3.05, 3.63) is 22.4 Å². The van der Waals surface area contributed by atoms with Crippen molar-refractivity contribution in [3.8, 4) is 0 Å². The summed E-state index contributed by atoms with van der Waals surface area (Å²) >= 11 is 1.43. The van der Waals surface area contributed by atoms with Crippen molar-refractivity contribution in [2.24, 2.45) is 5.92 Å². The van der Waals surface area contributed by atoms with Gasteiger partial charge in [0, 0.05) is 31.6 Å². The first kappa shape index (κ1) is 18.4. The fourth-order valence-electron chi connectivity index (χ4n) is 3.74. The van der Waals surface area contributed by atoms with E-state index in [2.05, 4.69) is 0 Å². The molecule has 2 saturated heterocycles. The van der Waals surface area contributed by atoms with Gasteiger partial charge in [-0.25, -0.2) is 8.42 Å². The largest absolute Gasteiger partial charge is 0.339 e. The van der Waals surface area contributed by atoms with Gasteiger partial charge in [-0.3, -0.25) is 9.59 Å². The molecule has 0 radical (unpaired) electrons. The lowest BCUT2D eigenvalue weighted by Crippen LogP contribution is -2.48. The summed E-state index contributed by atoms with van der Waals surface area (Å²) in [7, 11) is -3.01. The first-order chi connectivity index (χ1) is 11.9. The number of carbonyl (C=O) groups excluding carboxylic acids is 2. The zero-order valence-electron chi connectivity index (χ0n) is 14.4. The zero-order valence-corrected chi connectivity index (χ0v) is 16.0. The molecule has 0 N–H and O–H groups in total. The standard InChI is InChI=1S/C17H24N2O4S2/c1-2-19(14-7-11-25(22,23)12-14)16(20)13-5-8-18(9-6-13)17(21)15-4-3-10-24-15/h3-4,10,13-14H,2,5-9,11-12H2,1H3. The van der Waals surface area contributed by atoms with Gasteiger partial charge in [0.1, 0.15) is 0 Å². The lowest BCUT2D eigenvalue weighted by atomic mass is 9.94. The number of likely N-dealkylation sites (tertiary alicyclic amines) is 1. The molecule has 2 aliphatic heterocycles. The molecule has 1 unspecified atom stereocenters. The van der Waals surface area contributed by atoms with Crippen LogP contribution < -0.4 is 0 Å². The van der Waals surface area contributed by atoms with Crippen LogP contribution in [0.3, 0.4) is 0 Å². The summed E-state index contributed by atoms with van der Waals surface area (Å²) in [6.07, 6.45) is 1.83. The third-order valence-electron chi connectivity index (χ3n) is 5.14. The first-order valence-electron chi connectivity index (χ1n) is 8.75. The van der Waals surface area contributed by atoms with Crippen LogP contribution in [0.4, 0.5) is 0 Å². The molecule has 0 aromatic carbocycles. The average Bonchev–Trinajstić information content (AvgIpc) is 3.25. The predicted molar refractivity (Wildman–Crippen MR) is 97.4 cm³/mol. The Bertz CT molecular complexity index is 722. The fourth-order valence-corrected chi connectivity index (χ4v) is 6.16. The fraction of sp³-hybridized carbons (Fsp3) is 0.647. The quantitative estimate of drug-likeness (QED) is 0.791. The van der Waals surface area contributed by atoms with Crippen LogP contribution in [0.15, 0.2) is 17.5 Å². The average molecular weight is 385 g/mol. The summed E-state index contributed by atoms with van der Waals surface area (Å²) in [5.41, 5.74) is 0. The highest BCUT2D eigenvalue weighted by Gasteiger charge is 2.37. The van der Waals surface area contributed by atoms with Crippen molar-refractivity contribution in [1.29, 1.82) is 0 Å². The zero-order chi connectivity index (χ0) is 18.0. The summed E-state index contributed by atoms with van der Waals surface area (Å²) in [5.74, 6) is 0.232. The van der Waals surface area contributed by atoms with Gasteiger partial charge in [-0.05, 0) is 37.6 Å². The monoisotopic (exact) mass is 384 g/mol. The molecule has 1 atom stereocenters. The molecule has 0 spiro atoms. The van der Waals surface area contributed by atoms with Gasteiger partial charge in [0.2, 0.25) is 5.91 Å². The lowest BCUT2D eigenvalue weighted by molar-refractivity contribution is -0.138. The maximum Gasteiger partial charge on any atom is 0.263 e. The van der Waals surface area contributed by atoms with Crippen molar-refractivity contribution >= 4 is 33.0 Å². The molecule has 0 aliphatic carbocycles. The molecule has 0 bridgehead atoms. The summed E-state index contributed by atoms with van der Waals surface area (Å²) in [4.78, 5) is 29.5. The van der Waals surface area contributed by atoms with Crippen LogP contribution in [0.25, 0.3) is 0 Å². The molecule has 2 aliphatic rings.